The quantitative estimate of drug-likeness (QED) is 0.740. The summed E-state index contributed by atoms with van der Waals surface area (Å²) in [5, 5.41) is 4.60. The number of hydrogen-bond acceptors (Lipinski definition) is 5. The molecule has 1 aliphatic rings. The molecule has 3 heterocycles. The molecule has 1 aliphatic heterocycles. The zero-order valence-electron chi connectivity index (χ0n) is 16.0. The minimum atomic E-state index is -0.240. The van der Waals surface area contributed by atoms with Crippen LogP contribution >= 0.6 is 0 Å². The number of aromatic nitrogens is 5. The molecule has 0 fully saturated rings. The number of aromatic amines is 1. The number of amides is 1. The molecule has 1 aromatic carbocycles. The van der Waals surface area contributed by atoms with Crippen molar-refractivity contribution in [2.75, 3.05) is 13.1 Å². The van der Waals surface area contributed by atoms with E-state index in [2.05, 4.69) is 20.1 Å². The van der Waals surface area contributed by atoms with Crippen LogP contribution < -0.4 is 5.56 Å². The van der Waals surface area contributed by atoms with Crippen LogP contribution in [0.5, 0.6) is 0 Å². The van der Waals surface area contributed by atoms with Crippen LogP contribution in [0, 0.1) is 13.8 Å². The molecular formula is C20H22N6O2. The maximum Gasteiger partial charge on any atom is 0.254 e. The number of carbonyl (C=O) groups is 1. The molecule has 0 unspecified atom stereocenters. The Morgan fingerprint density at radius 3 is 2.64 bits per heavy atom. The molecule has 1 N–H and O–H groups in total. The lowest BCUT2D eigenvalue weighted by molar-refractivity contribution is -0.130. The third-order valence-corrected chi connectivity index (χ3v) is 4.99. The monoisotopic (exact) mass is 378 g/mol. The molecule has 0 radical (unpaired) electrons. The van der Waals surface area contributed by atoms with E-state index in [0.29, 0.717) is 49.0 Å². The van der Waals surface area contributed by atoms with Gasteiger partial charge in [0.15, 0.2) is 5.82 Å². The summed E-state index contributed by atoms with van der Waals surface area (Å²) < 4.78 is 1.88. The average Bonchev–Trinajstić information content (AvgIpc) is 2.98. The van der Waals surface area contributed by atoms with E-state index in [4.69, 9.17) is 0 Å². The molecule has 3 aromatic rings. The second-order valence-electron chi connectivity index (χ2n) is 6.96. The Labute approximate surface area is 162 Å². The van der Waals surface area contributed by atoms with Crippen molar-refractivity contribution in [1.82, 2.24) is 29.6 Å². The van der Waals surface area contributed by atoms with E-state index in [-0.39, 0.29) is 17.9 Å². The summed E-state index contributed by atoms with van der Waals surface area (Å²) >= 11 is 0. The fourth-order valence-electron chi connectivity index (χ4n) is 3.48. The number of H-pyrrole nitrogens is 1. The summed E-state index contributed by atoms with van der Waals surface area (Å²) in [6, 6.07) is 9.86. The number of nitrogens with zero attached hydrogens (tertiary/aromatic N) is 5. The number of nitrogens with one attached hydrogen (secondary N) is 1. The average molecular weight is 378 g/mol. The van der Waals surface area contributed by atoms with Gasteiger partial charge in [-0.3, -0.25) is 9.59 Å². The standard InChI is InChI=1S/C20H22N6O2/c1-13-16(20(28)22-14(2)21-13)12-18(27)25-9-8-17-23-19(24-26(17)11-10-25)15-6-4-3-5-7-15/h3-7H,8-12H2,1-2H3,(H,21,22,28). The molecule has 8 heteroatoms. The van der Waals surface area contributed by atoms with Crippen LogP contribution in [0.4, 0.5) is 0 Å². The van der Waals surface area contributed by atoms with E-state index < -0.39 is 0 Å². The van der Waals surface area contributed by atoms with Crippen LogP contribution in [0.15, 0.2) is 35.1 Å². The molecule has 0 saturated heterocycles. The summed E-state index contributed by atoms with van der Waals surface area (Å²) in [6.07, 6.45) is 0.687. The predicted molar refractivity (Wildman–Crippen MR) is 104 cm³/mol. The highest BCUT2D eigenvalue weighted by Gasteiger charge is 2.22. The molecule has 28 heavy (non-hydrogen) atoms. The van der Waals surface area contributed by atoms with E-state index in [1.165, 1.54) is 0 Å². The number of rotatable bonds is 3. The van der Waals surface area contributed by atoms with E-state index in [1.54, 1.807) is 18.7 Å². The van der Waals surface area contributed by atoms with Crippen molar-refractivity contribution in [2.45, 2.75) is 33.2 Å². The Morgan fingerprint density at radius 2 is 1.89 bits per heavy atom. The van der Waals surface area contributed by atoms with Crippen molar-refractivity contribution in [3.63, 3.8) is 0 Å². The van der Waals surface area contributed by atoms with E-state index in [9.17, 15) is 9.59 Å². The summed E-state index contributed by atoms with van der Waals surface area (Å²) in [5.74, 6) is 2.07. The largest absolute Gasteiger partial charge is 0.340 e. The van der Waals surface area contributed by atoms with Gasteiger partial charge in [0.2, 0.25) is 5.91 Å². The van der Waals surface area contributed by atoms with E-state index >= 15 is 0 Å². The van der Waals surface area contributed by atoms with Gasteiger partial charge in [-0.05, 0) is 13.8 Å². The molecule has 0 atom stereocenters. The first-order valence-electron chi connectivity index (χ1n) is 9.34. The van der Waals surface area contributed by atoms with Crippen LogP contribution in [0.3, 0.4) is 0 Å². The van der Waals surface area contributed by atoms with Crippen molar-refractivity contribution in [3.8, 4) is 11.4 Å². The third kappa shape index (κ3) is 3.58. The zero-order chi connectivity index (χ0) is 19.7. The van der Waals surface area contributed by atoms with Crippen LogP contribution in [0.25, 0.3) is 11.4 Å². The van der Waals surface area contributed by atoms with Crippen LogP contribution in [-0.4, -0.2) is 48.6 Å². The summed E-state index contributed by atoms with van der Waals surface area (Å²) in [6.45, 7) is 5.18. The first-order chi connectivity index (χ1) is 13.5. The van der Waals surface area contributed by atoms with Gasteiger partial charge in [0, 0.05) is 36.3 Å². The molecule has 4 rings (SSSR count). The second-order valence-corrected chi connectivity index (χ2v) is 6.96. The van der Waals surface area contributed by atoms with Gasteiger partial charge in [0.05, 0.1) is 13.0 Å². The van der Waals surface area contributed by atoms with Crippen LogP contribution in [-0.2, 0) is 24.2 Å². The molecule has 8 nitrogen and oxygen atoms in total. The summed E-state index contributed by atoms with van der Waals surface area (Å²) in [4.78, 5) is 38.3. The maximum absolute atomic E-state index is 12.8. The zero-order valence-corrected chi connectivity index (χ0v) is 16.0. The maximum atomic E-state index is 12.8. The lowest BCUT2D eigenvalue weighted by Gasteiger charge is -2.20. The highest BCUT2D eigenvalue weighted by atomic mass is 16.2. The van der Waals surface area contributed by atoms with Gasteiger partial charge in [-0.2, -0.15) is 5.10 Å². The minimum absolute atomic E-state index is 0.0550. The SMILES string of the molecule is Cc1nc(C)c(CC(=O)N2CCc3nc(-c4ccccc4)nn3CC2)c(=O)[nH]1. The fourth-order valence-corrected chi connectivity index (χ4v) is 3.48. The van der Waals surface area contributed by atoms with Gasteiger partial charge in [-0.1, -0.05) is 30.3 Å². The van der Waals surface area contributed by atoms with Crippen LogP contribution in [0.1, 0.15) is 22.9 Å². The van der Waals surface area contributed by atoms with Gasteiger partial charge in [0.1, 0.15) is 11.6 Å². The summed E-state index contributed by atoms with van der Waals surface area (Å²) in [5.41, 5.74) is 1.78. The molecule has 1 amide bonds. The number of hydrogen-bond donors (Lipinski definition) is 1. The predicted octanol–water partition coefficient (Wildman–Crippen LogP) is 1.27. The number of benzene rings is 1. The topological polar surface area (TPSA) is 96.8 Å². The van der Waals surface area contributed by atoms with Gasteiger partial charge in [0.25, 0.3) is 5.56 Å². The van der Waals surface area contributed by atoms with Gasteiger partial charge < -0.3 is 9.88 Å². The Bertz CT molecular complexity index is 1040. The van der Waals surface area contributed by atoms with Gasteiger partial charge in [-0.15, -0.1) is 0 Å². The van der Waals surface area contributed by atoms with Gasteiger partial charge in [-0.25, -0.2) is 14.6 Å². The first-order valence-corrected chi connectivity index (χ1v) is 9.34. The molecule has 0 bridgehead atoms. The number of aryl methyl sites for hydroxylation is 2. The van der Waals surface area contributed by atoms with E-state index in [1.807, 2.05) is 35.0 Å². The minimum Gasteiger partial charge on any atom is -0.340 e. The van der Waals surface area contributed by atoms with Crippen molar-refractivity contribution in [2.24, 2.45) is 0 Å². The highest BCUT2D eigenvalue weighted by Crippen LogP contribution is 2.17. The van der Waals surface area contributed by atoms with Crippen molar-refractivity contribution in [3.05, 3.63) is 63.6 Å². The highest BCUT2D eigenvalue weighted by molar-refractivity contribution is 5.79. The molecule has 0 aliphatic carbocycles. The first kappa shape index (κ1) is 18.1. The van der Waals surface area contributed by atoms with Crippen LogP contribution in [0.2, 0.25) is 0 Å². The molecule has 0 spiro atoms. The smallest absolute Gasteiger partial charge is 0.254 e. The van der Waals surface area contributed by atoms with Crippen molar-refractivity contribution < 1.29 is 4.79 Å². The van der Waals surface area contributed by atoms with E-state index in [0.717, 1.165) is 11.4 Å². The molecule has 144 valence electrons. The normalized spacial score (nSPS) is 13.9. The molecular weight excluding hydrogens is 356 g/mol. The Balaban J connectivity index is 1.47. The third-order valence-electron chi connectivity index (χ3n) is 4.99. The number of fused-ring (bicyclic) bond motifs is 1. The van der Waals surface area contributed by atoms with Crippen molar-refractivity contribution in [1.29, 1.82) is 0 Å². The van der Waals surface area contributed by atoms with Crippen molar-refractivity contribution >= 4 is 5.91 Å². The lowest BCUT2D eigenvalue weighted by atomic mass is 10.1. The molecule has 0 saturated carbocycles. The Morgan fingerprint density at radius 1 is 1.11 bits per heavy atom. The Hall–Kier alpha value is -3.29. The fraction of sp³-hybridized carbons (Fsp3) is 0.350. The lowest BCUT2D eigenvalue weighted by Crippen LogP contribution is -2.36. The second kappa shape index (κ2) is 7.38. The Kier molecular flexibility index (Phi) is 4.77. The molecule has 2 aromatic heterocycles. The number of carbonyl (C=O) groups excluding carboxylic acids is 1. The summed E-state index contributed by atoms with van der Waals surface area (Å²) in [7, 11) is 0. The van der Waals surface area contributed by atoms with Gasteiger partial charge >= 0.3 is 0 Å².